The van der Waals surface area contributed by atoms with Crippen molar-refractivity contribution < 1.29 is 0 Å². The van der Waals surface area contributed by atoms with Crippen LogP contribution in [0.4, 0.5) is 0 Å². The lowest BCUT2D eigenvalue weighted by Crippen LogP contribution is -2.16. The van der Waals surface area contributed by atoms with Crippen LogP contribution in [0.3, 0.4) is 0 Å². The Morgan fingerprint density at radius 2 is 2.06 bits per heavy atom. The Bertz CT molecular complexity index is 483. The highest BCUT2D eigenvalue weighted by molar-refractivity contribution is 5.21. The Morgan fingerprint density at radius 3 is 2.56 bits per heavy atom. The minimum absolute atomic E-state index is 0.0865. The van der Waals surface area contributed by atoms with Crippen molar-refractivity contribution in [3.8, 4) is 0 Å². The molecule has 2 aromatic heterocycles. The van der Waals surface area contributed by atoms with Crippen LogP contribution in [-0.4, -0.2) is 24.5 Å². The molecule has 0 radical (unpaired) electrons. The number of hydrogen-bond acceptors (Lipinski definition) is 4. The molecule has 0 aliphatic heterocycles. The smallest absolute Gasteiger partial charge is 0.138 e. The summed E-state index contributed by atoms with van der Waals surface area (Å²) in [4.78, 5) is 4.16. The van der Waals surface area contributed by atoms with Gasteiger partial charge in [0.1, 0.15) is 12.2 Å². The fourth-order valence-electron chi connectivity index (χ4n) is 1.69. The molecule has 6 heteroatoms. The number of aryl methyl sites for hydroxylation is 2. The summed E-state index contributed by atoms with van der Waals surface area (Å²) >= 11 is 0. The maximum absolute atomic E-state index is 6.13. The molecule has 0 aromatic carbocycles. The predicted octanol–water partition coefficient (Wildman–Crippen LogP) is 0.0995. The maximum Gasteiger partial charge on any atom is 0.138 e. The van der Waals surface area contributed by atoms with Crippen LogP contribution < -0.4 is 5.73 Å². The molecule has 2 rings (SSSR count). The van der Waals surface area contributed by atoms with Crippen molar-refractivity contribution in [2.24, 2.45) is 19.8 Å². The molecule has 0 spiro atoms. The molecule has 0 aliphatic rings. The second kappa shape index (κ2) is 4.05. The minimum Gasteiger partial charge on any atom is -0.323 e. The zero-order valence-electron chi connectivity index (χ0n) is 9.75. The van der Waals surface area contributed by atoms with Crippen LogP contribution in [0.2, 0.25) is 0 Å². The monoisotopic (exact) mass is 220 g/mol. The van der Waals surface area contributed by atoms with E-state index in [-0.39, 0.29) is 6.04 Å². The summed E-state index contributed by atoms with van der Waals surface area (Å²) in [5, 5.41) is 8.20. The van der Waals surface area contributed by atoms with E-state index in [1.807, 2.05) is 31.9 Å². The first-order valence-corrected chi connectivity index (χ1v) is 5.16. The van der Waals surface area contributed by atoms with Crippen LogP contribution in [0, 0.1) is 6.92 Å². The average Bonchev–Trinajstić information content (AvgIpc) is 2.77. The van der Waals surface area contributed by atoms with Crippen LogP contribution in [0.15, 0.2) is 12.5 Å². The third-order valence-corrected chi connectivity index (χ3v) is 2.88. The molecule has 16 heavy (non-hydrogen) atoms. The molecule has 2 heterocycles. The summed E-state index contributed by atoms with van der Waals surface area (Å²) in [5.41, 5.74) is 8.29. The van der Waals surface area contributed by atoms with Gasteiger partial charge in [0.15, 0.2) is 0 Å². The minimum atomic E-state index is -0.0865. The molecule has 0 amide bonds. The number of nitrogens with zero attached hydrogens (tertiary/aromatic N) is 5. The fraction of sp³-hybridized carbons (Fsp3) is 0.500. The third kappa shape index (κ3) is 1.83. The van der Waals surface area contributed by atoms with Crippen molar-refractivity contribution in [2.45, 2.75) is 19.4 Å². The first-order chi connectivity index (χ1) is 7.59. The fourth-order valence-corrected chi connectivity index (χ4v) is 1.69. The molecule has 1 unspecified atom stereocenters. The van der Waals surface area contributed by atoms with Crippen LogP contribution in [0.5, 0.6) is 0 Å². The number of nitrogens with two attached hydrogens (primary N) is 1. The van der Waals surface area contributed by atoms with Gasteiger partial charge in [0.2, 0.25) is 0 Å². The molecule has 2 aromatic rings. The largest absolute Gasteiger partial charge is 0.323 e. The summed E-state index contributed by atoms with van der Waals surface area (Å²) in [6.45, 7) is 2.01. The maximum atomic E-state index is 6.13. The predicted molar refractivity (Wildman–Crippen MR) is 59.6 cm³/mol. The number of aromatic nitrogens is 5. The normalized spacial score (nSPS) is 13.0. The van der Waals surface area contributed by atoms with E-state index in [1.165, 1.54) is 6.33 Å². The van der Waals surface area contributed by atoms with Crippen molar-refractivity contribution in [2.75, 3.05) is 0 Å². The van der Waals surface area contributed by atoms with E-state index in [0.29, 0.717) is 6.42 Å². The van der Waals surface area contributed by atoms with E-state index in [4.69, 9.17) is 5.73 Å². The van der Waals surface area contributed by atoms with Crippen molar-refractivity contribution in [1.82, 2.24) is 24.5 Å². The van der Waals surface area contributed by atoms with E-state index >= 15 is 0 Å². The second-order valence-corrected chi connectivity index (χ2v) is 3.92. The molecule has 0 saturated carbocycles. The highest BCUT2D eigenvalue weighted by atomic mass is 15.3. The van der Waals surface area contributed by atoms with Gasteiger partial charge < -0.3 is 5.73 Å². The SMILES string of the molecule is Cc1c(C(N)Cc2ncnn2C)cnn1C. The van der Waals surface area contributed by atoms with E-state index < -0.39 is 0 Å². The first kappa shape index (κ1) is 10.8. The Hall–Kier alpha value is -1.69. The van der Waals surface area contributed by atoms with Crippen molar-refractivity contribution in [3.63, 3.8) is 0 Å². The molecule has 6 nitrogen and oxygen atoms in total. The zero-order chi connectivity index (χ0) is 11.7. The molecule has 0 aliphatic carbocycles. The van der Waals surface area contributed by atoms with Gasteiger partial charge in [-0.25, -0.2) is 4.98 Å². The number of rotatable bonds is 3. The highest BCUT2D eigenvalue weighted by Crippen LogP contribution is 2.17. The van der Waals surface area contributed by atoms with Gasteiger partial charge in [-0.15, -0.1) is 0 Å². The molecule has 0 saturated heterocycles. The lowest BCUT2D eigenvalue weighted by atomic mass is 10.1. The summed E-state index contributed by atoms with van der Waals surface area (Å²) < 4.78 is 3.57. The van der Waals surface area contributed by atoms with E-state index in [2.05, 4.69) is 15.2 Å². The molecular weight excluding hydrogens is 204 g/mol. The Balaban J connectivity index is 2.18. The number of hydrogen-bond donors (Lipinski definition) is 1. The van der Waals surface area contributed by atoms with E-state index in [1.54, 1.807) is 4.68 Å². The summed E-state index contributed by atoms with van der Waals surface area (Å²) in [6.07, 6.45) is 4.03. The average molecular weight is 220 g/mol. The summed E-state index contributed by atoms with van der Waals surface area (Å²) in [7, 11) is 3.78. The van der Waals surface area contributed by atoms with Crippen molar-refractivity contribution >= 4 is 0 Å². The van der Waals surface area contributed by atoms with Crippen LogP contribution in [-0.2, 0) is 20.5 Å². The molecule has 1 atom stereocenters. The van der Waals surface area contributed by atoms with Gasteiger partial charge in [0.05, 0.1) is 6.20 Å². The van der Waals surface area contributed by atoms with Gasteiger partial charge in [-0.05, 0) is 6.92 Å². The van der Waals surface area contributed by atoms with Crippen molar-refractivity contribution in [3.05, 3.63) is 29.6 Å². The lowest BCUT2D eigenvalue weighted by Gasteiger charge is -2.10. The van der Waals surface area contributed by atoms with Gasteiger partial charge in [-0.3, -0.25) is 9.36 Å². The van der Waals surface area contributed by atoms with Crippen molar-refractivity contribution in [1.29, 1.82) is 0 Å². The first-order valence-electron chi connectivity index (χ1n) is 5.16. The molecule has 0 fully saturated rings. The Morgan fingerprint density at radius 1 is 1.31 bits per heavy atom. The van der Waals surface area contributed by atoms with Gasteiger partial charge in [-0.2, -0.15) is 10.2 Å². The molecular formula is C10H16N6. The quantitative estimate of drug-likeness (QED) is 0.796. The molecule has 0 bridgehead atoms. The topological polar surface area (TPSA) is 74.6 Å². The third-order valence-electron chi connectivity index (χ3n) is 2.88. The molecule has 86 valence electrons. The summed E-state index contributed by atoms with van der Waals surface area (Å²) in [6, 6.07) is -0.0865. The summed E-state index contributed by atoms with van der Waals surface area (Å²) in [5.74, 6) is 0.885. The molecule has 2 N–H and O–H groups in total. The Kier molecular flexibility index (Phi) is 2.74. The van der Waals surface area contributed by atoms with Gasteiger partial charge in [-0.1, -0.05) is 0 Å². The highest BCUT2D eigenvalue weighted by Gasteiger charge is 2.15. The standard InChI is InChI=1S/C10H16N6/c1-7-8(5-13-15(7)2)9(11)4-10-12-6-14-16(10)3/h5-6,9H,4,11H2,1-3H3. The zero-order valence-corrected chi connectivity index (χ0v) is 9.75. The van der Waals surface area contributed by atoms with E-state index in [9.17, 15) is 0 Å². The van der Waals surface area contributed by atoms with Gasteiger partial charge in [0, 0.05) is 37.8 Å². The Labute approximate surface area is 94.1 Å². The van der Waals surface area contributed by atoms with Crippen LogP contribution in [0.25, 0.3) is 0 Å². The van der Waals surface area contributed by atoms with E-state index in [0.717, 1.165) is 17.1 Å². The lowest BCUT2D eigenvalue weighted by molar-refractivity contribution is 0.625. The second-order valence-electron chi connectivity index (χ2n) is 3.92. The van der Waals surface area contributed by atoms with Crippen LogP contribution in [0.1, 0.15) is 23.1 Å². The van der Waals surface area contributed by atoms with Crippen LogP contribution >= 0.6 is 0 Å². The van der Waals surface area contributed by atoms with Gasteiger partial charge in [0.25, 0.3) is 0 Å². The van der Waals surface area contributed by atoms with Gasteiger partial charge >= 0.3 is 0 Å².